The molecule has 3 aromatic carbocycles. The topological polar surface area (TPSA) is 72.5 Å². The highest BCUT2D eigenvalue weighted by molar-refractivity contribution is 5.76. The van der Waals surface area contributed by atoms with Gasteiger partial charge in [0, 0.05) is 58.8 Å². The van der Waals surface area contributed by atoms with E-state index in [1.54, 1.807) is 14.2 Å². The molecule has 3 atom stereocenters. The van der Waals surface area contributed by atoms with Gasteiger partial charge in [-0.3, -0.25) is 4.79 Å². The van der Waals surface area contributed by atoms with Crippen molar-refractivity contribution in [3.8, 4) is 11.5 Å². The molecule has 0 bridgehead atoms. The maximum absolute atomic E-state index is 13.2. The van der Waals surface area contributed by atoms with Crippen LogP contribution in [0.15, 0.2) is 72.8 Å². The van der Waals surface area contributed by atoms with Gasteiger partial charge >= 0.3 is 0 Å². The lowest BCUT2D eigenvalue weighted by Crippen LogP contribution is -2.48. The average Bonchev–Trinajstić information content (AvgIpc) is 3.04. The van der Waals surface area contributed by atoms with E-state index in [1.807, 2.05) is 42.3 Å². The van der Waals surface area contributed by atoms with Crippen LogP contribution in [0.25, 0.3) is 0 Å². The molecule has 1 amide bonds. The number of piperidine rings is 1. The second-order valence-electron chi connectivity index (χ2n) is 11.5. The van der Waals surface area contributed by atoms with Crippen molar-refractivity contribution in [2.75, 3.05) is 59.0 Å². The SMILES string of the molecule is COCCCN1CCOc2ccc(CO[C@H]3CNC(CC(=O)N(C)Cc4ccccc4)C[C@@H]3c3ccc(OC)cc3)cc21. The number of fused-ring (bicyclic) bond motifs is 1. The third kappa shape index (κ3) is 8.28. The summed E-state index contributed by atoms with van der Waals surface area (Å²) in [5.74, 6) is 2.04. The van der Waals surface area contributed by atoms with Crippen molar-refractivity contribution >= 4 is 11.6 Å². The summed E-state index contributed by atoms with van der Waals surface area (Å²) in [7, 11) is 5.31. The predicted molar refractivity (Wildman–Crippen MR) is 169 cm³/mol. The van der Waals surface area contributed by atoms with E-state index in [4.69, 9.17) is 18.9 Å². The van der Waals surface area contributed by atoms with Crippen molar-refractivity contribution in [3.63, 3.8) is 0 Å². The van der Waals surface area contributed by atoms with Gasteiger partial charge in [0.2, 0.25) is 5.91 Å². The Hall–Kier alpha value is -3.59. The number of ether oxygens (including phenoxy) is 4. The summed E-state index contributed by atoms with van der Waals surface area (Å²) in [5, 5.41) is 3.63. The van der Waals surface area contributed by atoms with Crippen LogP contribution in [0.5, 0.6) is 11.5 Å². The van der Waals surface area contributed by atoms with Crippen LogP contribution < -0.4 is 19.7 Å². The standard InChI is InChI=1S/C35H45N3O5/c1-37(24-26-8-5-4-6-9-26)35(39)22-29-21-31(28-11-13-30(41-3)14-12-28)34(23-36-29)43-25-27-10-15-33-32(20-27)38(17-19-42-33)16-7-18-40-2/h4-6,8-15,20,29,31,34,36H,7,16-19,21-25H2,1-3H3/t29?,31-,34+/m1/s1. The molecule has 0 aliphatic carbocycles. The molecule has 2 aliphatic rings. The van der Waals surface area contributed by atoms with E-state index in [-0.39, 0.29) is 24.0 Å². The van der Waals surface area contributed by atoms with Crippen LogP contribution in [0.3, 0.4) is 0 Å². The zero-order valence-electron chi connectivity index (χ0n) is 25.7. The van der Waals surface area contributed by atoms with Crippen LogP contribution >= 0.6 is 0 Å². The van der Waals surface area contributed by atoms with E-state index in [9.17, 15) is 4.79 Å². The summed E-state index contributed by atoms with van der Waals surface area (Å²) >= 11 is 0. The maximum Gasteiger partial charge on any atom is 0.224 e. The Labute approximate surface area is 255 Å². The number of methoxy groups -OCH3 is 2. The average molecular weight is 588 g/mol. The van der Waals surface area contributed by atoms with Crippen molar-refractivity contribution in [2.24, 2.45) is 0 Å². The fourth-order valence-corrected chi connectivity index (χ4v) is 6.05. The fraction of sp³-hybridized carbons (Fsp3) is 0.457. The van der Waals surface area contributed by atoms with Crippen molar-refractivity contribution < 1.29 is 23.7 Å². The number of nitrogens with one attached hydrogen (secondary N) is 1. The summed E-state index contributed by atoms with van der Waals surface area (Å²) in [5.41, 5.74) is 4.57. The number of carbonyl (C=O) groups excluding carboxylic acids is 1. The highest BCUT2D eigenvalue weighted by Crippen LogP contribution is 2.35. The molecule has 1 unspecified atom stereocenters. The van der Waals surface area contributed by atoms with E-state index in [0.29, 0.717) is 32.7 Å². The number of carbonyl (C=O) groups is 1. The second-order valence-corrected chi connectivity index (χ2v) is 11.5. The molecular formula is C35H45N3O5. The molecular weight excluding hydrogens is 542 g/mol. The number of rotatable bonds is 13. The second kappa shape index (κ2) is 15.2. The normalized spacial score (nSPS) is 19.8. The van der Waals surface area contributed by atoms with Gasteiger partial charge in [-0.25, -0.2) is 0 Å². The van der Waals surface area contributed by atoms with Gasteiger partial charge in [0.15, 0.2) is 0 Å². The van der Waals surface area contributed by atoms with E-state index >= 15 is 0 Å². The number of benzene rings is 3. The lowest BCUT2D eigenvalue weighted by atomic mass is 9.83. The van der Waals surface area contributed by atoms with Crippen LogP contribution in [0.2, 0.25) is 0 Å². The summed E-state index contributed by atoms with van der Waals surface area (Å²) in [4.78, 5) is 17.4. The molecule has 8 nitrogen and oxygen atoms in total. The van der Waals surface area contributed by atoms with Crippen molar-refractivity contribution in [1.29, 1.82) is 0 Å². The van der Waals surface area contributed by atoms with Gasteiger partial charge in [0.1, 0.15) is 18.1 Å². The molecule has 1 N–H and O–H groups in total. The van der Waals surface area contributed by atoms with E-state index in [0.717, 1.165) is 60.9 Å². The molecule has 43 heavy (non-hydrogen) atoms. The summed E-state index contributed by atoms with van der Waals surface area (Å²) in [6, 6.07) is 24.8. The van der Waals surface area contributed by atoms with E-state index in [1.165, 1.54) is 5.56 Å². The monoisotopic (exact) mass is 587 g/mol. The van der Waals surface area contributed by atoms with Crippen molar-refractivity contribution in [2.45, 2.75) is 50.5 Å². The quantitative estimate of drug-likeness (QED) is 0.282. The lowest BCUT2D eigenvalue weighted by Gasteiger charge is -2.38. The predicted octanol–water partition coefficient (Wildman–Crippen LogP) is 5.01. The Morgan fingerprint density at radius 3 is 2.63 bits per heavy atom. The third-order valence-corrected chi connectivity index (χ3v) is 8.47. The minimum Gasteiger partial charge on any atom is -0.497 e. The minimum atomic E-state index is -0.0353. The van der Waals surface area contributed by atoms with Crippen LogP contribution in [-0.4, -0.2) is 77.1 Å². The summed E-state index contributed by atoms with van der Waals surface area (Å²) < 4.78 is 23.2. The molecule has 3 aromatic rings. The molecule has 1 saturated heterocycles. The molecule has 230 valence electrons. The van der Waals surface area contributed by atoms with Gasteiger partial charge in [-0.15, -0.1) is 0 Å². The first kappa shape index (κ1) is 30.9. The number of anilines is 1. The molecule has 2 aliphatic heterocycles. The summed E-state index contributed by atoms with van der Waals surface area (Å²) in [6.07, 6.45) is 2.20. The van der Waals surface area contributed by atoms with Crippen LogP contribution in [0.1, 0.15) is 41.9 Å². The molecule has 0 radical (unpaired) electrons. The zero-order chi connectivity index (χ0) is 30.0. The van der Waals surface area contributed by atoms with Crippen LogP contribution in [0, 0.1) is 0 Å². The number of hydrogen-bond donors (Lipinski definition) is 1. The Morgan fingerprint density at radius 1 is 1.05 bits per heavy atom. The van der Waals surface area contributed by atoms with Crippen molar-refractivity contribution in [1.82, 2.24) is 10.2 Å². The fourth-order valence-electron chi connectivity index (χ4n) is 6.05. The first-order valence-electron chi connectivity index (χ1n) is 15.3. The van der Waals surface area contributed by atoms with Crippen LogP contribution in [0.4, 0.5) is 5.69 Å². The summed E-state index contributed by atoms with van der Waals surface area (Å²) in [6.45, 7) is 5.02. The van der Waals surface area contributed by atoms with Crippen molar-refractivity contribution in [3.05, 3.63) is 89.5 Å². The number of nitrogens with zero attached hydrogens (tertiary/aromatic N) is 2. The van der Waals surface area contributed by atoms with Gasteiger partial charge in [-0.2, -0.15) is 0 Å². The Bertz CT molecular complexity index is 1300. The molecule has 0 spiro atoms. The largest absolute Gasteiger partial charge is 0.497 e. The van der Waals surface area contributed by atoms with E-state index < -0.39 is 0 Å². The minimum absolute atomic E-state index is 0.0353. The maximum atomic E-state index is 13.2. The molecule has 5 rings (SSSR count). The van der Waals surface area contributed by atoms with Gasteiger partial charge in [0.05, 0.1) is 32.1 Å². The van der Waals surface area contributed by atoms with Gasteiger partial charge in [-0.05, 0) is 53.8 Å². The van der Waals surface area contributed by atoms with Crippen LogP contribution in [-0.2, 0) is 27.4 Å². The first-order chi connectivity index (χ1) is 21.0. The number of amides is 1. The van der Waals surface area contributed by atoms with Gasteiger partial charge < -0.3 is 34.1 Å². The van der Waals surface area contributed by atoms with Gasteiger partial charge in [0.25, 0.3) is 0 Å². The lowest BCUT2D eigenvalue weighted by molar-refractivity contribution is -0.131. The van der Waals surface area contributed by atoms with E-state index in [2.05, 4.69) is 52.7 Å². The molecule has 0 aromatic heterocycles. The first-order valence-corrected chi connectivity index (χ1v) is 15.3. The Kier molecular flexibility index (Phi) is 10.9. The Balaban J connectivity index is 1.25. The molecule has 1 fully saturated rings. The highest BCUT2D eigenvalue weighted by Gasteiger charge is 2.33. The third-order valence-electron chi connectivity index (χ3n) is 8.47. The molecule has 8 heteroatoms. The van der Waals surface area contributed by atoms with Gasteiger partial charge in [-0.1, -0.05) is 48.5 Å². The molecule has 2 heterocycles. The zero-order valence-corrected chi connectivity index (χ0v) is 25.7. The Morgan fingerprint density at radius 2 is 1.86 bits per heavy atom. The molecule has 0 saturated carbocycles. The number of hydrogen-bond acceptors (Lipinski definition) is 7. The smallest absolute Gasteiger partial charge is 0.224 e. The highest BCUT2D eigenvalue weighted by atomic mass is 16.5.